The second-order valence-electron chi connectivity index (χ2n) is 6.00. The first-order chi connectivity index (χ1) is 15.3. The number of nitrogens with zero attached hydrogens (tertiary/aromatic N) is 2. The molecule has 0 unspecified atom stereocenters. The SMILES string of the molecule is COc1cc(C(=O)OCCCCON(O)O)ccc1OC(=O)Oc1ccc([N+](=O)[O-])cc1. The van der Waals surface area contributed by atoms with Crippen LogP contribution in [0.3, 0.4) is 0 Å². The van der Waals surface area contributed by atoms with Gasteiger partial charge in [0.25, 0.3) is 5.69 Å². The predicted molar refractivity (Wildman–Crippen MR) is 104 cm³/mol. The third-order valence-electron chi connectivity index (χ3n) is 3.82. The summed E-state index contributed by atoms with van der Waals surface area (Å²) in [5, 5.41) is 27.0. The molecule has 0 amide bonds. The van der Waals surface area contributed by atoms with E-state index in [0.717, 1.165) is 0 Å². The monoisotopic (exact) mass is 452 g/mol. The van der Waals surface area contributed by atoms with Crippen LogP contribution in [0.25, 0.3) is 0 Å². The lowest BCUT2D eigenvalue weighted by Gasteiger charge is -2.11. The van der Waals surface area contributed by atoms with Gasteiger partial charge in [0.2, 0.25) is 0 Å². The molecule has 2 aromatic carbocycles. The lowest BCUT2D eigenvalue weighted by atomic mass is 10.2. The molecule has 0 atom stereocenters. The van der Waals surface area contributed by atoms with E-state index in [9.17, 15) is 19.7 Å². The zero-order valence-electron chi connectivity index (χ0n) is 16.8. The molecular weight excluding hydrogens is 432 g/mol. The highest BCUT2D eigenvalue weighted by atomic mass is 17.1. The minimum absolute atomic E-state index is 0.0225. The van der Waals surface area contributed by atoms with Crippen LogP contribution in [0.2, 0.25) is 0 Å². The molecular formula is C19H20N2O11. The second kappa shape index (κ2) is 12.2. The average molecular weight is 452 g/mol. The van der Waals surface area contributed by atoms with Crippen LogP contribution in [0.4, 0.5) is 10.5 Å². The van der Waals surface area contributed by atoms with Crippen molar-refractivity contribution in [2.45, 2.75) is 12.8 Å². The number of methoxy groups -OCH3 is 1. The van der Waals surface area contributed by atoms with E-state index in [1.165, 1.54) is 49.6 Å². The van der Waals surface area contributed by atoms with Gasteiger partial charge >= 0.3 is 12.1 Å². The van der Waals surface area contributed by atoms with E-state index in [2.05, 4.69) is 4.84 Å². The third kappa shape index (κ3) is 7.81. The van der Waals surface area contributed by atoms with Gasteiger partial charge in [-0.05, 0) is 43.2 Å². The van der Waals surface area contributed by atoms with Gasteiger partial charge in [-0.2, -0.15) is 0 Å². The van der Waals surface area contributed by atoms with Gasteiger partial charge in [-0.1, -0.05) is 0 Å². The Balaban J connectivity index is 1.89. The lowest BCUT2D eigenvalue weighted by Crippen LogP contribution is -2.15. The molecule has 0 aliphatic carbocycles. The van der Waals surface area contributed by atoms with Crippen LogP contribution < -0.4 is 14.2 Å². The molecule has 13 heteroatoms. The van der Waals surface area contributed by atoms with E-state index in [0.29, 0.717) is 12.8 Å². The number of carbonyl (C=O) groups excluding carboxylic acids is 2. The van der Waals surface area contributed by atoms with E-state index in [1.54, 1.807) is 0 Å². The maximum absolute atomic E-state index is 12.1. The first-order valence-electron chi connectivity index (χ1n) is 9.10. The maximum Gasteiger partial charge on any atom is 0.519 e. The van der Waals surface area contributed by atoms with E-state index < -0.39 is 22.4 Å². The minimum Gasteiger partial charge on any atom is -0.493 e. The second-order valence-corrected chi connectivity index (χ2v) is 6.00. The Morgan fingerprint density at radius 1 is 1.00 bits per heavy atom. The zero-order valence-corrected chi connectivity index (χ0v) is 16.8. The van der Waals surface area contributed by atoms with Gasteiger partial charge < -0.3 is 18.9 Å². The van der Waals surface area contributed by atoms with Gasteiger partial charge in [-0.15, -0.1) is 0 Å². The zero-order chi connectivity index (χ0) is 23.5. The molecule has 0 saturated heterocycles. The Morgan fingerprint density at radius 3 is 2.31 bits per heavy atom. The van der Waals surface area contributed by atoms with Gasteiger partial charge in [-0.3, -0.25) is 25.4 Å². The van der Waals surface area contributed by atoms with Crippen molar-refractivity contribution in [2.24, 2.45) is 0 Å². The van der Waals surface area contributed by atoms with Crippen LogP contribution in [0, 0.1) is 10.1 Å². The molecule has 2 aromatic rings. The van der Waals surface area contributed by atoms with E-state index in [-0.39, 0.29) is 41.7 Å². The normalized spacial score (nSPS) is 10.5. The van der Waals surface area contributed by atoms with Crippen molar-refractivity contribution in [3.05, 3.63) is 58.1 Å². The van der Waals surface area contributed by atoms with Crippen LogP contribution >= 0.6 is 0 Å². The van der Waals surface area contributed by atoms with Gasteiger partial charge in [0, 0.05) is 12.1 Å². The molecule has 0 radical (unpaired) electrons. The smallest absolute Gasteiger partial charge is 0.493 e. The number of non-ortho nitro benzene ring substituents is 1. The number of rotatable bonds is 11. The fourth-order valence-electron chi connectivity index (χ4n) is 2.32. The van der Waals surface area contributed by atoms with Gasteiger partial charge in [-0.25, -0.2) is 9.59 Å². The Hall–Kier alpha value is -3.78. The average Bonchev–Trinajstić information content (AvgIpc) is 2.76. The molecule has 0 aliphatic heterocycles. The highest BCUT2D eigenvalue weighted by Crippen LogP contribution is 2.29. The number of nitro benzene ring substituents is 1. The first kappa shape index (κ1) is 24.5. The molecule has 0 aromatic heterocycles. The summed E-state index contributed by atoms with van der Waals surface area (Å²) in [5.41, 5.74) is -0.0174. The summed E-state index contributed by atoms with van der Waals surface area (Å²) in [6, 6.07) is 8.82. The maximum atomic E-state index is 12.1. The Bertz CT molecular complexity index is 931. The molecule has 32 heavy (non-hydrogen) atoms. The summed E-state index contributed by atoms with van der Waals surface area (Å²) in [7, 11) is 1.31. The fourth-order valence-corrected chi connectivity index (χ4v) is 2.32. The Morgan fingerprint density at radius 2 is 1.69 bits per heavy atom. The van der Waals surface area contributed by atoms with Crippen molar-refractivity contribution >= 4 is 17.8 Å². The van der Waals surface area contributed by atoms with Crippen molar-refractivity contribution in [1.29, 1.82) is 0 Å². The molecule has 0 fully saturated rings. The molecule has 2 rings (SSSR count). The number of carbonyl (C=O) groups is 2. The predicted octanol–water partition coefficient (Wildman–Crippen LogP) is 3.13. The summed E-state index contributed by atoms with van der Waals surface area (Å²) in [4.78, 5) is 38.5. The van der Waals surface area contributed by atoms with Gasteiger partial charge in [0.05, 0.1) is 36.2 Å². The lowest BCUT2D eigenvalue weighted by molar-refractivity contribution is -0.492. The highest BCUT2D eigenvalue weighted by Gasteiger charge is 2.16. The van der Waals surface area contributed by atoms with E-state index in [4.69, 9.17) is 29.4 Å². The van der Waals surface area contributed by atoms with Crippen LogP contribution in [0.5, 0.6) is 17.2 Å². The summed E-state index contributed by atoms with van der Waals surface area (Å²) in [6.45, 7) is 0.0988. The number of benzene rings is 2. The third-order valence-corrected chi connectivity index (χ3v) is 3.82. The van der Waals surface area contributed by atoms with Crippen molar-refractivity contribution in [1.82, 2.24) is 5.39 Å². The number of hydrogen-bond donors (Lipinski definition) is 2. The van der Waals surface area contributed by atoms with Crippen molar-refractivity contribution in [3.63, 3.8) is 0 Å². The Labute approximate surface area is 181 Å². The molecule has 172 valence electrons. The molecule has 0 saturated carbocycles. The fraction of sp³-hybridized carbons (Fsp3) is 0.263. The van der Waals surface area contributed by atoms with Gasteiger partial charge in [0.15, 0.2) is 11.5 Å². The topological polar surface area (TPSA) is 167 Å². The number of hydrogen-bond acceptors (Lipinski definition) is 12. The van der Waals surface area contributed by atoms with Crippen LogP contribution in [-0.2, 0) is 9.57 Å². The number of ether oxygens (including phenoxy) is 4. The van der Waals surface area contributed by atoms with Crippen LogP contribution in [0.1, 0.15) is 23.2 Å². The number of nitro groups is 1. The first-order valence-corrected chi connectivity index (χ1v) is 9.10. The quantitative estimate of drug-likeness (QED) is 0.168. The Kier molecular flexibility index (Phi) is 9.31. The summed E-state index contributed by atoms with van der Waals surface area (Å²) in [6.07, 6.45) is -0.274. The summed E-state index contributed by atoms with van der Waals surface area (Å²) in [5.74, 6) is -0.559. The molecule has 2 N–H and O–H groups in total. The van der Waals surface area contributed by atoms with Gasteiger partial charge in [0.1, 0.15) is 5.75 Å². The van der Waals surface area contributed by atoms with Crippen molar-refractivity contribution < 1.29 is 48.7 Å². The molecule has 0 aliphatic rings. The van der Waals surface area contributed by atoms with Crippen LogP contribution in [0.15, 0.2) is 42.5 Å². The van der Waals surface area contributed by atoms with Crippen molar-refractivity contribution in [2.75, 3.05) is 20.3 Å². The highest BCUT2D eigenvalue weighted by molar-refractivity contribution is 5.90. The molecule has 0 spiro atoms. The summed E-state index contributed by atoms with van der Waals surface area (Å²) < 4.78 is 20.2. The van der Waals surface area contributed by atoms with E-state index >= 15 is 0 Å². The van der Waals surface area contributed by atoms with Crippen LogP contribution in [-0.4, -0.2) is 53.2 Å². The molecule has 0 heterocycles. The van der Waals surface area contributed by atoms with E-state index in [1.807, 2.05) is 0 Å². The van der Waals surface area contributed by atoms with Crippen molar-refractivity contribution in [3.8, 4) is 17.2 Å². The minimum atomic E-state index is -1.11. The number of unbranched alkanes of at least 4 members (excludes halogenated alkanes) is 1. The largest absolute Gasteiger partial charge is 0.519 e. The molecule has 13 nitrogen and oxygen atoms in total. The molecule has 0 bridgehead atoms. The summed E-state index contributed by atoms with van der Waals surface area (Å²) >= 11 is 0. The number of esters is 1. The standard InChI is InChI=1S/C19H20N2O11/c1-28-17-12-13(18(22)29-10-2-3-11-30-21(26)27)4-9-16(17)32-19(23)31-15-7-5-14(6-8-15)20(24)25/h4-9,12,26-27H,2-3,10-11H2,1H3.